The summed E-state index contributed by atoms with van der Waals surface area (Å²) in [6.07, 6.45) is 0. The van der Waals surface area contributed by atoms with Crippen LogP contribution in [0.25, 0.3) is 0 Å². The maximum Gasteiger partial charge on any atom is 0.322 e. The quantitative estimate of drug-likeness (QED) is 0.906. The minimum atomic E-state index is -0.0227. The van der Waals surface area contributed by atoms with Crippen molar-refractivity contribution in [3.63, 3.8) is 0 Å². The molecule has 0 saturated carbocycles. The van der Waals surface area contributed by atoms with E-state index in [1.807, 2.05) is 4.90 Å². The Morgan fingerprint density at radius 3 is 2.48 bits per heavy atom. The summed E-state index contributed by atoms with van der Waals surface area (Å²) in [7, 11) is 0. The molecule has 5 nitrogen and oxygen atoms in total. The number of fused-ring (bicyclic) bond motifs is 1. The molecule has 2 N–H and O–H groups in total. The smallest absolute Gasteiger partial charge is 0.322 e. The standard InChI is InChI=1S/C20H24N4O/c1-15-5-7-16(8-6-15)14-24-19-4-2-3-18(17(19)13-22-20(24)25)23-11-9-21-10-12-23/h2-8,21H,9-14H2,1H3,(H,22,25). The zero-order valence-electron chi connectivity index (χ0n) is 14.6. The monoisotopic (exact) mass is 336 g/mol. The fraction of sp³-hybridized carbons (Fsp3) is 0.350. The van der Waals surface area contributed by atoms with E-state index in [1.165, 1.54) is 16.8 Å². The van der Waals surface area contributed by atoms with Gasteiger partial charge in [0.15, 0.2) is 0 Å². The Hall–Kier alpha value is -2.53. The summed E-state index contributed by atoms with van der Waals surface area (Å²) in [6.45, 7) is 7.27. The summed E-state index contributed by atoms with van der Waals surface area (Å²) in [6, 6.07) is 14.7. The molecule has 0 radical (unpaired) electrons. The first-order chi connectivity index (χ1) is 12.2. The molecule has 0 bridgehead atoms. The molecule has 2 aromatic carbocycles. The van der Waals surface area contributed by atoms with Gasteiger partial charge in [-0.1, -0.05) is 35.9 Å². The van der Waals surface area contributed by atoms with Gasteiger partial charge in [-0.05, 0) is 24.6 Å². The van der Waals surface area contributed by atoms with Crippen LogP contribution in [0.1, 0.15) is 16.7 Å². The Labute approximate surface area is 148 Å². The number of anilines is 2. The molecule has 2 aliphatic rings. The molecule has 130 valence electrons. The third-order valence-corrected chi connectivity index (χ3v) is 5.00. The van der Waals surface area contributed by atoms with Gasteiger partial charge in [-0.3, -0.25) is 4.90 Å². The highest BCUT2D eigenvalue weighted by molar-refractivity contribution is 5.96. The molecular formula is C20H24N4O. The van der Waals surface area contributed by atoms with Crippen molar-refractivity contribution >= 4 is 17.4 Å². The van der Waals surface area contributed by atoms with Crippen molar-refractivity contribution in [3.05, 3.63) is 59.2 Å². The SMILES string of the molecule is Cc1ccc(CN2C(=O)NCc3c(N4CCNCC4)cccc32)cc1. The topological polar surface area (TPSA) is 47.6 Å². The number of hydrogen-bond acceptors (Lipinski definition) is 3. The average Bonchev–Trinajstić information content (AvgIpc) is 2.66. The van der Waals surface area contributed by atoms with Gasteiger partial charge in [-0.2, -0.15) is 0 Å². The van der Waals surface area contributed by atoms with Crippen molar-refractivity contribution < 1.29 is 4.79 Å². The Balaban J connectivity index is 1.66. The second-order valence-corrected chi connectivity index (χ2v) is 6.74. The van der Waals surface area contributed by atoms with E-state index in [9.17, 15) is 4.79 Å². The van der Waals surface area contributed by atoms with Crippen LogP contribution in [-0.4, -0.2) is 32.2 Å². The lowest BCUT2D eigenvalue weighted by Gasteiger charge is -2.36. The van der Waals surface area contributed by atoms with Gasteiger partial charge in [0.25, 0.3) is 0 Å². The van der Waals surface area contributed by atoms with Crippen LogP contribution in [0, 0.1) is 6.92 Å². The summed E-state index contributed by atoms with van der Waals surface area (Å²) in [5.74, 6) is 0. The zero-order valence-corrected chi connectivity index (χ0v) is 14.6. The average molecular weight is 336 g/mol. The van der Waals surface area contributed by atoms with Crippen molar-refractivity contribution in [2.75, 3.05) is 36.0 Å². The van der Waals surface area contributed by atoms with Crippen LogP contribution in [-0.2, 0) is 13.1 Å². The van der Waals surface area contributed by atoms with E-state index in [2.05, 4.69) is 64.9 Å². The highest BCUT2D eigenvalue weighted by Crippen LogP contribution is 2.34. The molecule has 1 fully saturated rings. The number of rotatable bonds is 3. The number of nitrogens with zero attached hydrogens (tertiary/aromatic N) is 2. The molecule has 4 rings (SSSR count). The molecular weight excluding hydrogens is 312 g/mol. The fourth-order valence-electron chi connectivity index (χ4n) is 3.60. The number of piperazine rings is 1. The van der Waals surface area contributed by atoms with Gasteiger partial charge < -0.3 is 15.5 Å². The Kier molecular flexibility index (Phi) is 4.32. The zero-order chi connectivity index (χ0) is 17.2. The number of nitrogens with one attached hydrogen (secondary N) is 2. The van der Waals surface area contributed by atoms with E-state index < -0.39 is 0 Å². The second kappa shape index (κ2) is 6.76. The van der Waals surface area contributed by atoms with Crippen LogP contribution in [0.4, 0.5) is 16.2 Å². The van der Waals surface area contributed by atoms with Crippen molar-refractivity contribution in [1.82, 2.24) is 10.6 Å². The molecule has 25 heavy (non-hydrogen) atoms. The fourth-order valence-corrected chi connectivity index (χ4v) is 3.60. The number of urea groups is 1. The van der Waals surface area contributed by atoms with Gasteiger partial charge in [0.05, 0.1) is 12.2 Å². The molecule has 2 heterocycles. The molecule has 0 aromatic heterocycles. The summed E-state index contributed by atoms with van der Waals surface area (Å²) in [5, 5.41) is 6.44. The maximum absolute atomic E-state index is 12.5. The molecule has 2 amide bonds. The van der Waals surface area contributed by atoms with Crippen LogP contribution < -0.4 is 20.4 Å². The van der Waals surface area contributed by atoms with Crippen LogP contribution in [0.15, 0.2) is 42.5 Å². The van der Waals surface area contributed by atoms with E-state index >= 15 is 0 Å². The largest absolute Gasteiger partial charge is 0.369 e. The third-order valence-electron chi connectivity index (χ3n) is 5.00. The predicted octanol–water partition coefficient (Wildman–Crippen LogP) is 2.63. The van der Waals surface area contributed by atoms with Gasteiger partial charge in [-0.25, -0.2) is 4.79 Å². The molecule has 5 heteroatoms. The summed E-state index contributed by atoms with van der Waals surface area (Å²) in [5.41, 5.74) is 5.86. The Bertz CT molecular complexity index is 766. The molecule has 0 unspecified atom stereocenters. The molecule has 0 spiro atoms. The first-order valence-corrected chi connectivity index (χ1v) is 8.91. The highest BCUT2D eigenvalue weighted by Gasteiger charge is 2.27. The lowest BCUT2D eigenvalue weighted by Crippen LogP contribution is -2.46. The molecule has 2 aliphatic heterocycles. The number of hydrogen-bond donors (Lipinski definition) is 2. The minimum absolute atomic E-state index is 0.0227. The van der Waals surface area contributed by atoms with E-state index in [0.29, 0.717) is 13.1 Å². The lowest BCUT2D eigenvalue weighted by molar-refractivity contribution is 0.244. The van der Waals surface area contributed by atoms with Gasteiger partial charge in [0.2, 0.25) is 0 Å². The first-order valence-electron chi connectivity index (χ1n) is 8.91. The van der Waals surface area contributed by atoms with E-state index in [-0.39, 0.29) is 6.03 Å². The highest BCUT2D eigenvalue weighted by atomic mass is 16.2. The molecule has 0 aliphatic carbocycles. The van der Waals surface area contributed by atoms with Crippen molar-refractivity contribution in [1.29, 1.82) is 0 Å². The van der Waals surface area contributed by atoms with Crippen molar-refractivity contribution in [2.45, 2.75) is 20.0 Å². The summed E-state index contributed by atoms with van der Waals surface area (Å²) in [4.78, 5) is 16.8. The number of benzene rings is 2. The number of aryl methyl sites for hydroxylation is 1. The Morgan fingerprint density at radius 2 is 1.72 bits per heavy atom. The summed E-state index contributed by atoms with van der Waals surface area (Å²) >= 11 is 0. The van der Waals surface area contributed by atoms with Gasteiger partial charge in [0.1, 0.15) is 0 Å². The number of carbonyl (C=O) groups is 1. The first kappa shape index (κ1) is 16.0. The second-order valence-electron chi connectivity index (χ2n) is 6.74. The lowest BCUT2D eigenvalue weighted by atomic mass is 10.0. The van der Waals surface area contributed by atoms with Crippen LogP contribution >= 0.6 is 0 Å². The van der Waals surface area contributed by atoms with Gasteiger partial charge >= 0.3 is 6.03 Å². The third kappa shape index (κ3) is 3.20. The van der Waals surface area contributed by atoms with Crippen LogP contribution in [0.5, 0.6) is 0 Å². The number of carbonyl (C=O) groups excluding carboxylic acids is 1. The van der Waals surface area contributed by atoms with E-state index in [1.54, 1.807) is 0 Å². The van der Waals surface area contributed by atoms with Crippen molar-refractivity contribution in [3.8, 4) is 0 Å². The van der Waals surface area contributed by atoms with Gasteiger partial charge in [0, 0.05) is 44.0 Å². The molecule has 2 aromatic rings. The maximum atomic E-state index is 12.5. The predicted molar refractivity (Wildman–Crippen MR) is 101 cm³/mol. The van der Waals surface area contributed by atoms with Gasteiger partial charge in [-0.15, -0.1) is 0 Å². The van der Waals surface area contributed by atoms with Crippen LogP contribution in [0.2, 0.25) is 0 Å². The molecule has 0 atom stereocenters. The minimum Gasteiger partial charge on any atom is -0.369 e. The van der Waals surface area contributed by atoms with E-state index in [0.717, 1.165) is 37.4 Å². The molecule has 1 saturated heterocycles. The Morgan fingerprint density at radius 1 is 1.00 bits per heavy atom. The summed E-state index contributed by atoms with van der Waals surface area (Å²) < 4.78 is 0. The number of amides is 2. The van der Waals surface area contributed by atoms with Crippen molar-refractivity contribution in [2.24, 2.45) is 0 Å². The van der Waals surface area contributed by atoms with Crippen LogP contribution in [0.3, 0.4) is 0 Å². The normalized spacial score (nSPS) is 17.2. The van der Waals surface area contributed by atoms with E-state index in [4.69, 9.17) is 0 Å².